The number of nitrogens with one attached hydrogen (secondary N) is 2. The molecule has 7 nitrogen and oxygen atoms in total. The zero-order valence-corrected chi connectivity index (χ0v) is 11.9. The second-order valence-electron chi connectivity index (χ2n) is 4.22. The number of hydrogen-bond donors (Lipinski definition) is 2. The SMILES string of the molecule is COc1cccc(C(=O)NCC(=O)NN=Cc2ccco2)c1. The van der Waals surface area contributed by atoms with E-state index in [4.69, 9.17) is 9.15 Å². The minimum Gasteiger partial charge on any atom is -0.497 e. The molecule has 0 aliphatic carbocycles. The summed E-state index contributed by atoms with van der Waals surface area (Å²) in [5, 5.41) is 6.19. The third kappa shape index (κ3) is 4.48. The highest BCUT2D eigenvalue weighted by Crippen LogP contribution is 2.12. The number of carbonyl (C=O) groups excluding carboxylic acids is 2. The van der Waals surface area contributed by atoms with E-state index in [0.717, 1.165) is 0 Å². The van der Waals surface area contributed by atoms with Gasteiger partial charge in [0, 0.05) is 5.56 Å². The summed E-state index contributed by atoms with van der Waals surface area (Å²) in [5.41, 5.74) is 2.69. The van der Waals surface area contributed by atoms with E-state index in [-0.39, 0.29) is 12.5 Å². The summed E-state index contributed by atoms with van der Waals surface area (Å²) in [6.07, 6.45) is 2.86. The molecule has 0 aliphatic rings. The highest BCUT2D eigenvalue weighted by molar-refractivity contribution is 5.96. The average Bonchev–Trinajstić information content (AvgIpc) is 3.06. The Bertz CT molecular complexity index is 665. The van der Waals surface area contributed by atoms with Crippen molar-refractivity contribution in [2.75, 3.05) is 13.7 Å². The molecule has 1 heterocycles. The Labute approximate surface area is 127 Å². The molecule has 0 atom stereocenters. The number of furan rings is 1. The van der Waals surface area contributed by atoms with Crippen LogP contribution in [-0.2, 0) is 4.79 Å². The molecule has 1 aromatic carbocycles. The predicted molar refractivity (Wildman–Crippen MR) is 79.8 cm³/mol. The molecule has 0 spiro atoms. The van der Waals surface area contributed by atoms with E-state index in [9.17, 15) is 9.59 Å². The maximum atomic E-state index is 11.9. The van der Waals surface area contributed by atoms with Crippen molar-refractivity contribution in [3.05, 3.63) is 54.0 Å². The van der Waals surface area contributed by atoms with Crippen molar-refractivity contribution in [3.8, 4) is 5.75 Å². The molecule has 2 amide bonds. The summed E-state index contributed by atoms with van der Waals surface area (Å²) in [5.74, 6) is 0.268. The van der Waals surface area contributed by atoms with Crippen molar-refractivity contribution < 1.29 is 18.7 Å². The summed E-state index contributed by atoms with van der Waals surface area (Å²) in [6, 6.07) is 10.0. The smallest absolute Gasteiger partial charge is 0.259 e. The van der Waals surface area contributed by atoms with Crippen LogP contribution in [0.2, 0.25) is 0 Å². The second-order valence-corrected chi connectivity index (χ2v) is 4.22. The molecule has 7 heteroatoms. The Morgan fingerprint density at radius 3 is 2.91 bits per heavy atom. The van der Waals surface area contributed by atoms with Crippen molar-refractivity contribution in [1.82, 2.24) is 10.7 Å². The Morgan fingerprint density at radius 1 is 1.32 bits per heavy atom. The van der Waals surface area contributed by atoms with Crippen molar-refractivity contribution in [1.29, 1.82) is 0 Å². The third-order valence-electron chi connectivity index (χ3n) is 2.67. The quantitative estimate of drug-likeness (QED) is 0.618. The molecular weight excluding hydrogens is 286 g/mol. The maximum absolute atomic E-state index is 11.9. The van der Waals surface area contributed by atoms with Crippen molar-refractivity contribution >= 4 is 18.0 Å². The fraction of sp³-hybridized carbons (Fsp3) is 0.133. The Balaban J connectivity index is 1.79. The first kappa shape index (κ1) is 15.3. The topological polar surface area (TPSA) is 92.9 Å². The van der Waals surface area contributed by atoms with Crippen molar-refractivity contribution in [2.45, 2.75) is 0 Å². The molecule has 0 aliphatic heterocycles. The van der Waals surface area contributed by atoms with Gasteiger partial charge in [0.05, 0.1) is 26.1 Å². The third-order valence-corrected chi connectivity index (χ3v) is 2.67. The highest BCUT2D eigenvalue weighted by Gasteiger charge is 2.08. The number of benzene rings is 1. The zero-order chi connectivity index (χ0) is 15.8. The summed E-state index contributed by atoms with van der Waals surface area (Å²) in [4.78, 5) is 23.4. The second kappa shape index (κ2) is 7.63. The van der Waals surface area contributed by atoms with Gasteiger partial charge in [-0.05, 0) is 30.3 Å². The van der Waals surface area contributed by atoms with Crippen LogP contribution in [0.5, 0.6) is 5.75 Å². The fourth-order valence-corrected chi connectivity index (χ4v) is 1.60. The van der Waals surface area contributed by atoms with E-state index in [2.05, 4.69) is 15.8 Å². The molecule has 2 aromatic rings. The van der Waals surface area contributed by atoms with Gasteiger partial charge in [0.1, 0.15) is 11.5 Å². The van der Waals surface area contributed by atoms with E-state index in [1.165, 1.54) is 19.6 Å². The molecule has 0 fully saturated rings. The lowest BCUT2D eigenvalue weighted by Gasteiger charge is -2.05. The van der Waals surface area contributed by atoms with Gasteiger partial charge in [0.2, 0.25) is 0 Å². The van der Waals surface area contributed by atoms with Gasteiger partial charge in [-0.15, -0.1) is 0 Å². The standard InChI is InChI=1S/C15H15N3O4/c1-21-12-5-2-4-11(8-12)15(20)16-10-14(19)18-17-9-13-6-3-7-22-13/h2-9H,10H2,1H3,(H,16,20)(H,18,19). The van der Waals surface area contributed by atoms with E-state index in [1.807, 2.05) is 0 Å². The van der Waals surface area contributed by atoms with E-state index < -0.39 is 5.91 Å². The van der Waals surface area contributed by atoms with Gasteiger partial charge in [0.15, 0.2) is 0 Å². The maximum Gasteiger partial charge on any atom is 0.259 e. The Hall–Kier alpha value is -3.09. The van der Waals surface area contributed by atoms with Crippen molar-refractivity contribution in [3.63, 3.8) is 0 Å². The van der Waals surface area contributed by atoms with Crippen LogP contribution in [0.4, 0.5) is 0 Å². The number of hydrazone groups is 1. The first-order chi connectivity index (χ1) is 10.7. The number of hydrogen-bond acceptors (Lipinski definition) is 5. The van der Waals surface area contributed by atoms with Gasteiger partial charge < -0.3 is 14.5 Å². The van der Waals surface area contributed by atoms with Gasteiger partial charge >= 0.3 is 0 Å². The van der Waals surface area contributed by atoms with Gasteiger partial charge in [-0.25, -0.2) is 5.43 Å². The molecule has 0 saturated carbocycles. The summed E-state index contributed by atoms with van der Waals surface area (Å²) in [7, 11) is 1.52. The zero-order valence-electron chi connectivity index (χ0n) is 11.9. The van der Waals surface area contributed by atoms with Crippen LogP contribution in [0.3, 0.4) is 0 Å². The molecule has 0 saturated heterocycles. The van der Waals surface area contributed by atoms with Gasteiger partial charge in [-0.1, -0.05) is 6.07 Å². The first-order valence-electron chi connectivity index (χ1n) is 6.46. The minimum atomic E-state index is -0.445. The molecule has 1 aromatic heterocycles. The van der Waals surface area contributed by atoms with Crippen LogP contribution in [0.1, 0.15) is 16.1 Å². The normalized spacial score (nSPS) is 10.4. The first-order valence-corrected chi connectivity index (χ1v) is 6.46. The van der Waals surface area contributed by atoms with Gasteiger partial charge in [0.25, 0.3) is 11.8 Å². The number of ether oxygens (including phenoxy) is 1. The van der Waals surface area contributed by atoms with Crippen LogP contribution >= 0.6 is 0 Å². The molecular formula is C15H15N3O4. The molecule has 0 bridgehead atoms. The lowest BCUT2D eigenvalue weighted by atomic mass is 10.2. The lowest BCUT2D eigenvalue weighted by Crippen LogP contribution is -2.34. The number of methoxy groups -OCH3 is 1. The number of rotatable bonds is 6. The van der Waals surface area contributed by atoms with Crippen LogP contribution in [0.15, 0.2) is 52.2 Å². The Kier molecular flexibility index (Phi) is 5.31. The largest absolute Gasteiger partial charge is 0.497 e. The summed E-state index contributed by atoms with van der Waals surface area (Å²) < 4.78 is 10.0. The van der Waals surface area contributed by atoms with Crippen LogP contribution in [-0.4, -0.2) is 31.7 Å². The minimum absolute atomic E-state index is 0.189. The number of carbonyl (C=O) groups is 2. The highest BCUT2D eigenvalue weighted by atomic mass is 16.5. The number of nitrogens with zero attached hydrogens (tertiary/aromatic N) is 1. The lowest BCUT2D eigenvalue weighted by molar-refractivity contribution is -0.120. The molecule has 2 N–H and O–H groups in total. The molecule has 0 unspecified atom stereocenters. The fourth-order valence-electron chi connectivity index (χ4n) is 1.60. The monoisotopic (exact) mass is 301 g/mol. The predicted octanol–water partition coefficient (Wildman–Crippen LogP) is 1.17. The summed E-state index contributed by atoms with van der Waals surface area (Å²) in [6.45, 7) is -0.189. The van der Waals surface area contributed by atoms with Gasteiger partial charge in [-0.2, -0.15) is 5.10 Å². The van der Waals surface area contributed by atoms with Gasteiger partial charge in [-0.3, -0.25) is 9.59 Å². The Morgan fingerprint density at radius 2 is 2.18 bits per heavy atom. The van der Waals surface area contributed by atoms with Crippen LogP contribution < -0.4 is 15.5 Å². The summed E-state index contributed by atoms with van der Waals surface area (Å²) >= 11 is 0. The van der Waals surface area contributed by atoms with E-state index >= 15 is 0 Å². The molecule has 2 rings (SSSR count). The molecule has 0 radical (unpaired) electrons. The number of amides is 2. The van der Waals surface area contributed by atoms with Crippen molar-refractivity contribution in [2.24, 2.45) is 5.10 Å². The van der Waals surface area contributed by atoms with E-state index in [1.54, 1.807) is 36.4 Å². The molecule has 114 valence electrons. The van der Waals surface area contributed by atoms with E-state index in [0.29, 0.717) is 17.1 Å². The molecule has 22 heavy (non-hydrogen) atoms. The van der Waals surface area contributed by atoms with Crippen LogP contribution in [0.25, 0.3) is 0 Å². The van der Waals surface area contributed by atoms with Crippen LogP contribution in [0, 0.1) is 0 Å². The average molecular weight is 301 g/mol.